The lowest BCUT2D eigenvalue weighted by Gasteiger charge is -2.54. The molecule has 0 radical (unpaired) electrons. The molecule has 3 heteroatoms. The molecule has 0 unspecified atom stereocenters. The largest absolute Gasteiger partial charge is 0.489 e. The van der Waals surface area contributed by atoms with Crippen molar-refractivity contribution in [2.45, 2.75) is 103 Å². The monoisotopic (exact) mass is 592 g/mol. The number of aliphatic hydroxyl groups is 1. The molecule has 3 aliphatic carbocycles. The molecule has 0 aromatic heterocycles. The molecule has 234 valence electrons. The van der Waals surface area contributed by atoms with E-state index in [-0.39, 0.29) is 5.41 Å². The first kappa shape index (κ1) is 31.1. The van der Waals surface area contributed by atoms with E-state index in [0.29, 0.717) is 31.2 Å². The molecular formula is C41H52O3. The first-order chi connectivity index (χ1) is 21.7. The molecule has 0 bridgehead atoms. The zero-order valence-corrected chi connectivity index (χ0v) is 26.7. The second kappa shape index (κ2) is 14.9. The SMILES string of the molecule is C[C@]12C[C@H](CC/C=C/CCCCCO)[C@@H]3c4ccc(OCc5ccccc5)cc4CC[C@H]3[C@@H]1CC[C@@H]2OCc1ccccc1. The summed E-state index contributed by atoms with van der Waals surface area (Å²) in [7, 11) is 0. The molecule has 2 saturated carbocycles. The fourth-order valence-electron chi connectivity index (χ4n) is 9.07. The maximum atomic E-state index is 9.07. The molecule has 3 aromatic rings. The van der Waals surface area contributed by atoms with Gasteiger partial charge in [0.25, 0.3) is 0 Å². The van der Waals surface area contributed by atoms with Crippen molar-refractivity contribution in [3.8, 4) is 5.75 Å². The quantitative estimate of drug-likeness (QED) is 0.150. The van der Waals surface area contributed by atoms with Crippen LogP contribution in [-0.4, -0.2) is 17.8 Å². The van der Waals surface area contributed by atoms with Gasteiger partial charge in [-0.3, -0.25) is 0 Å². The highest BCUT2D eigenvalue weighted by molar-refractivity contribution is 5.41. The Morgan fingerprint density at radius 3 is 2.34 bits per heavy atom. The van der Waals surface area contributed by atoms with E-state index in [9.17, 15) is 0 Å². The van der Waals surface area contributed by atoms with Crippen LogP contribution < -0.4 is 4.74 Å². The molecule has 0 heterocycles. The van der Waals surface area contributed by atoms with Crippen LogP contribution in [0.4, 0.5) is 0 Å². The highest BCUT2D eigenvalue weighted by Gasteiger charge is 2.58. The Morgan fingerprint density at radius 2 is 1.57 bits per heavy atom. The predicted molar refractivity (Wildman–Crippen MR) is 180 cm³/mol. The topological polar surface area (TPSA) is 38.7 Å². The van der Waals surface area contributed by atoms with Crippen molar-refractivity contribution in [2.24, 2.45) is 23.2 Å². The Bertz CT molecular complexity index is 1330. The van der Waals surface area contributed by atoms with Gasteiger partial charge >= 0.3 is 0 Å². The Labute approximate surface area is 265 Å². The van der Waals surface area contributed by atoms with Gasteiger partial charge in [-0.2, -0.15) is 0 Å². The summed E-state index contributed by atoms with van der Waals surface area (Å²) in [5.74, 6) is 3.76. The van der Waals surface area contributed by atoms with Crippen LogP contribution in [-0.2, 0) is 24.4 Å². The molecule has 0 saturated heterocycles. The molecule has 0 amide bonds. The van der Waals surface area contributed by atoms with Gasteiger partial charge in [-0.1, -0.05) is 92.2 Å². The Hall–Kier alpha value is -2.88. The van der Waals surface area contributed by atoms with Crippen molar-refractivity contribution in [2.75, 3.05) is 6.61 Å². The third kappa shape index (κ3) is 7.16. The predicted octanol–water partition coefficient (Wildman–Crippen LogP) is 9.82. The van der Waals surface area contributed by atoms with Gasteiger partial charge < -0.3 is 14.6 Å². The van der Waals surface area contributed by atoms with Crippen molar-refractivity contribution < 1.29 is 14.6 Å². The van der Waals surface area contributed by atoms with E-state index in [1.165, 1.54) is 55.2 Å². The number of hydrogen-bond donors (Lipinski definition) is 1. The Kier molecular flexibility index (Phi) is 10.6. The van der Waals surface area contributed by atoms with E-state index < -0.39 is 0 Å². The molecule has 44 heavy (non-hydrogen) atoms. The molecule has 0 spiro atoms. The van der Waals surface area contributed by atoms with Gasteiger partial charge in [-0.25, -0.2) is 0 Å². The number of allylic oxidation sites excluding steroid dienone is 2. The number of aliphatic hydroxyl groups excluding tert-OH is 1. The third-order valence-corrected chi connectivity index (χ3v) is 11.2. The molecule has 2 fully saturated rings. The van der Waals surface area contributed by atoms with E-state index in [0.717, 1.165) is 56.3 Å². The molecule has 3 nitrogen and oxygen atoms in total. The van der Waals surface area contributed by atoms with E-state index >= 15 is 0 Å². The highest BCUT2D eigenvalue weighted by atomic mass is 16.5. The summed E-state index contributed by atoms with van der Waals surface area (Å²) in [6, 6.07) is 28.2. The average Bonchev–Trinajstić information content (AvgIpc) is 3.40. The lowest BCUT2D eigenvalue weighted by atomic mass is 9.51. The number of fused-ring (bicyclic) bond motifs is 5. The van der Waals surface area contributed by atoms with Crippen LogP contribution in [0.3, 0.4) is 0 Å². The molecule has 0 aliphatic heterocycles. The summed E-state index contributed by atoms with van der Waals surface area (Å²) < 4.78 is 13.1. The van der Waals surface area contributed by atoms with Crippen LogP contribution in [0.1, 0.15) is 99.3 Å². The summed E-state index contributed by atoms with van der Waals surface area (Å²) in [6.07, 6.45) is 18.1. The first-order valence-electron chi connectivity index (χ1n) is 17.4. The second-order valence-corrected chi connectivity index (χ2v) is 13.9. The zero-order chi connectivity index (χ0) is 30.2. The molecule has 6 atom stereocenters. The van der Waals surface area contributed by atoms with E-state index in [4.69, 9.17) is 14.6 Å². The Morgan fingerprint density at radius 1 is 0.818 bits per heavy atom. The first-order valence-corrected chi connectivity index (χ1v) is 17.4. The van der Waals surface area contributed by atoms with Crippen LogP contribution in [0.25, 0.3) is 0 Å². The van der Waals surface area contributed by atoms with Gasteiger partial charge in [-0.05, 0) is 128 Å². The molecular weight excluding hydrogens is 540 g/mol. The minimum Gasteiger partial charge on any atom is -0.489 e. The minimum atomic E-state index is 0.241. The van der Waals surface area contributed by atoms with Crippen molar-refractivity contribution in [3.05, 3.63) is 113 Å². The van der Waals surface area contributed by atoms with E-state index in [1.807, 2.05) is 0 Å². The number of aryl methyl sites for hydroxylation is 1. The van der Waals surface area contributed by atoms with Gasteiger partial charge in [0.2, 0.25) is 0 Å². The number of hydrogen-bond acceptors (Lipinski definition) is 3. The van der Waals surface area contributed by atoms with E-state index in [1.54, 1.807) is 5.56 Å². The number of rotatable bonds is 14. The van der Waals surface area contributed by atoms with Crippen LogP contribution in [0.2, 0.25) is 0 Å². The summed E-state index contributed by atoms with van der Waals surface area (Å²) in [6.45, 7) is 4.23. The maximum Gasteiger partial charge on any atom is 0.120 e. The van der Waals surface area contributed by atoms with Crippen LogP contribution in [0.5, 0.6) is 5.75 Å². The maximum absolute atomic E-state index is 9.07. The molecule has 6 rings (SSSR count). The van der Waals surface area contributed by atoms with Crippen molar-refractivity contribution in [1.82, 2.24) is 0 Å². The third-order valence-electron chi connectivity index (χ3n) is 11.2. The molecule has 3 aliphatic rings. The summed E-state index contributed by atoms with van der Waals surface area (Å²) >= 11 is 0. The van der Waals surface area contributed by atoms with Crippen LogP contribution >= 0.6 is 0 Å². The van der Waals surface area contributed by atoms with Gasteiger partial charge in [-0.15, -0.1) is 0 Å². The van der Waals surface area contributed by atoms with Crippen molar-refractivity contribution >= 4 is 0 Å². The minimum absolute atomic E-state index is 0.241. The average molecular weight is 593 g/mol. The lowest BCUT2D eigenvalue weighted by Crippen LogP contribution is -2.48. The summed E-state index contributed by atoms with van der Waals surface area (Å²) in [5.41, 5.74) is 5.85. The fourth-order valence-corrected chi connectivity index (χ4v) is 9.07. The number of unbranched alkanes of at least 4 members (excludes halogenated alkanes) is 3. The summed E-state index contributed by atoms with van der Waals surface area (Å²) in [4.78, 5) is 0. The van der Waals surface area contributed by atoms with Gasteiger partial charge in [0.1, 0.15) is 12.4 Å². The normalized spacial score (nSPS) is 27.5. The van der Waals surface area contributed by atoms with Gasteiger partial charge in [0, 0.05) is 6.61 Å². The highest BCUT2D eigenvalue weighted by Crippen LogP contribution is 2.64. The zero-order valence-electron chi connectivity index (χ0n) is 26.7. The lowest BCUT2D eigenvalue weighted by molar-refractivity contribution is -0.0874. The van der Waals surface area contributed by atoms with Crippen molar-refractivity contribution in [1.29, 1.82) is 0 Å². The number of ether oxygens (including phenoxy) is 2. The summed E-state index contributed by atoms with van der Waals surface area (Å²) in [5, 5.41) is 9.07. The van der Waals surface area contributed by atoms with Crippen molar-refractivity contribution in [3.63, 3.8) is 0 Å². The molecule has 3 aromatic carbocycles. The second-order valence-electron chi connectivity index (χ2n) is 13.9. The van der Waals surface area contributed by atoms with Crippen LogP contribution in [0.15, 0.2) is 91.0 Å². The van der Waals surface area contributed by atoms with E-state index in [2.05, 4.69) is 97.9 Å². The molecule has 1 N–H and O–H groups in total. The fraction of sp³-hybridized carbons (Fsp3) is 0.512. The smallest absolute Gasteiger partial charge is 0.120 e. The van der Waals surface area contributed by atoms with Crippen LogP contribution in [0, 0.1) is 23.2 Å². The number of benzene rings is 3. The van der Waals surface area contributed by atoms with Gasteiger partial charge in [0.05, 0.1) is 12.7 Å². The standard InChI is InChI=1S/C41H52O3/c1-41-28-34(19-13-5-3-2-4-6-14-26-42)40-36-23-21-35(43-29-31-15-9-7-10-16-31)27-33(36)20-22-37(40)38(41)24-25-39(41)44-30-32-17-11-8-12-18-32/h3,5,7-12,15-18,21,23,27,34,37-40,42H,2,4,6,13-14,19-20,22,24-26,28-30H2,1H3/b5-3+/t34-,37-,38-,39-,40+,41-/m0/s1. The van der Waals surface area contributed by atoms with Gasteiger partial charge in [0.15, 0.2) is 0 Å². The Balaban J connectivity index is 1.18.